The third-order valence-corrected chi connectivity index (χ3v) is 3.71. The predicted molar refractivity (Wildman–Crippen MR) is 78.8 cm³/mol. The summed E-state index contributed by atoms with van der Waals surface area (Å²) >= 11 is 0. The molecule has 0 aromatic heterocycles. The van der Waals surface area contributed by atoms with Crippen molar-refractivity contribution in [2.45, 2.75) is 13.8 Å². The lowest BCUT2D eigenvalue weighted by Crippen LogP contribution is -2.51. The van der Waals surface area contributed by atoms with E-state index >= 15 is 0 Å². The molecule has 0 saturated carbocycles. The maximum atomic E-state index is 12.1. The fourth-order valence-electron chi connectivity index (χ4n) is 2.18. The largest absolute Gasteiger partial charge is 0.342 e. The minimum absolute atomic E-state index is 0.387. The average Bonchev–Trinajstić information content (AvgIpc) is 2.50. The van der Waals surface area contributed by atoms with Gasteiger partial charge >= 0.3 is 11.8 Å². The highest BCUT2D eigenvalue weighted by molar-refractivity contribution is 6.39. The smallest absolute Gasteiger partial charge is 0.313 e. The topological polar surface area (TPSA) is 69.7 Å². The minimum Gasteiger partial charge on any atom is -0.342 e. The number of nitrogens with zero attached hydrogens (tertiary/aromatic N) is 2. The highest BCUT2D eigenvalue weighted by Gasteiger charge is 2.25. The number of anilines is 1. The van der Waals surface area contributed by atoms with Crippen LogP contribution in [-0.2, 0) is 14.4 Å². The minimum atomic E-state index is -0.641. The number of benzene rings is 1. The lowest BCUT2D eigenvalue weighted by molar-refractivity contribution is -0.144. The summed E-state index contributed by atoms with van der Waals surface area (Å²) < 4.78 is 0. The van der Waals surface area contributed by atoms with Crippen LogP contribution in [0, 0.1) is 13.8 Å². The summed E-state index contributed by atoms with van der Waals surface area (Å²) in [7, 11) is 0. The molecule has 6 heteroatoms. The quantitative estimate of drug-likeness (QED) is 0.638. The Kier molecular flexibility index (Phi) is 4.57. The Morgan fingerprint density at radius 2 is 1.76 bits per heavy atom. The van der Waals surface area contributed by atoms with Crippen LogP contribution < -0.4 is 5.32 Å². The van der Waals surface area contributed by atoms with Gasteiger partial charge in [-0.25, -0.2) is 0 Å². The van der Waals surface area contributed by atoms with Gasteiger partial charge in [-0.2, -0.15) is 0 Å². The van der Waals surface area contributed by atoms with Gasteiger partial charge in [-0.3, -0.25) is 14.4 Å². The first-order chi connectivity index (χ1) is 10.0. The first-order valence-electron chi connectivity index (χ1n) is 6.88. The summed E-state index contributed by atoms with van der Waals surface area (Å²) in [5, 5.41) is 2.62. The van der Waals surface area contributed by atoms with Crippen molar-refractivity contribution in [1.82, 2.24) is 9.80 Å². The second-order valence-corrected chi connectivity index (χ2v) is 5.19. The monoisotopic (exact) mass is 289 g/mol. The van der Waals surface area contributed by atoms with E-state index in [0.717, 1.165) is 17.5 Å². The number of hydrogen-bond acceptors (Lipinski definition) is 3. The first-order valence-corrected chi connectivity index (χ1v) is 6.88. The van der Waals surface area contributed by atoms with E-state index < -0.39 is 11.8 Å². The van der Waals surface area contributed by atoms with Gasteiger partial charge in [0.05, 0.1) is 0 Å². The molecule has 1 heterocycles. The summed E-state index contributed by atoms with van der Waals surface area (Å²) in [6.07, 6.45) is 0.761. The van der Waals surface area contributed by atoms with Gasteiger partial charge in [0.2, 0.25) is 6.41 Å². The molecule has 21 heavy (non-hydrogen) atoms. The van der Waals surface area contributed by atoms with Crippen LogP contribution in [0.25, 0.3) is 0 Å². The second-order valence-electron chi connectivity index (χ2n) is 5.19. The fraction of sp³-hybridized carbons (Fsp3) is 0.400. The summed E-state index contributed by atoms with van der Waals surface area (Å²) in [5.74, 6) is -1.20. The molecule has 2 rings (SSSR count). The molecule has 112 valence electrons. The van der Waals surface area contributed by atoms with Gasteiger partial charge in [-0.15, -0.1) is 0 Å². The van der Waals surface area contributed by atoms with Gasteiger partial charge in [-0.05, 0) is 37.1 Å². The Hall–Kier alpha value is -2.37. The summed E-state index contributed by atoms with van der Waals surface area (Å²) in [6, 6.07) is 5.51. The van der Waals surface area contributed by atoms with Crippen LogP contribution in [0.3, 0.4) is 0 Å². The van der Waals surface area contributed by atoms with Crippen molar-refractivity contribution in [3.63, 3.8) is 0 Å². The molecule has 0 aliphatic carbocycles. The zero-order valence-electron chi connectivity index (χ0n) is 12.3. The van der Waals surface area contributed by atoms with E-state index in [-0.39, 0.29) is 0 Å². The van der Waals surface area contributed by atoms with E-state index in [4.69, 9.17) is 0 Å². The Bertz CT molecular complexity index is 563. The summed E-state index contributed by atoms with van der Waals surface area (Å²) in [4.78, 5) is 37.7. The Balaban J connectivity index is 1.95. The Morgan fingerprint density at radius 3 is 2.33 bits per heavy atom. The van der Waals surface area contributed by atoms with Crippen molar-refractivity contribution in [2.24, 2.45) is 0 Å². The highest BCUT2D eigenvalue weighted by atomic mass is 16.2. The number of amides is 3. The van der Waals surface area contributed by atoms with Gasteiger partial charge in [-0.1, -0.05) is 6.07 Å². The van der Waals surface area contributed by atoms with Crippen LogP contribution in [0.1, 0.15) is 11.1 Å². The van der Waals surface area contributed by atoms with Crippen molar-refractivity contribution >= 4 is 23.9 Å². The SMILES string of the molecule is Cc1ccc(NC(=O)C(=O)N2CCN(C=O)CC2)cc1C. The lowest BCUT2D eigenvalue weighted by Gasteiger charge is -2.31. The van der Waals surface area contributed by atoms with Crippen LogP contribution >= 0.6 is 0 Å². The first kappa shape index (κ1) is 15.0. The van der Waals surface area contributed by atoms with E-state index in [1.54, 1.807) is 11.0 Å². The van der Waals surface area contributed by atoms with E-state index in [0.29, 0.717) is 31.9 Å². The molecule has 0 spiro atoms. The van der Waals surface area contributed by atoms with Gasteiger partial charge in [0.1, 0.15) is 0 Å². The standard InChI is InChI=1S/C15H19N3O3/c1-11-3-4-13(9-12(11)2)16-14(20)15(21)18-7-5-17(10-19)6-8-18/h3-4,9-10H,5-8H2,1-2H3,(H,16,20). The van der Waals surface area contributed by atoms with Crippen LogP contribution in [0.5, 0.6) is 0 Å². The molecule has 3 amide bonds. The number of nitrogens with one attached hydrogen (secondary N) is 1. The number of piperazine rings is 1. The average molecular weight is 289 g/mol. The Morgan fingerprint density at radius 1 is 1.10 bits per heavy atom. The molecule has 0 radical (unpaired) electrons. The second kappa shape index (κ2) is 6.39. The molecule has 1 aliphatic rings. The molecule has 0 bridgehead atoms. The molecule has 6 nitrogen and oxygen atoms in total. The van der Waals surface area contributed by atoms with Crippen molar-refractivity contribution in [1.29, 1.82) is 0 Å². The van der Waals surface area contributed by atoms with Crippen LogP contribution in [0.2, 0.25) is 0 Å². The van der Waals surface area contributed by atoms with Crippen LogP contribution in [0.4, 0.5) is 5.69 Å². The van der Waals surface area contributed by atoms with Gasteiger partial charge in [0, 0.05) is 31.9 Å². The van der Waals surface area contributed by atoms with Crippen molar-refractivity contribution in [3.05, 3.63) is 29.3 Å². The Labute approximate surface area is 123 Å². The molecule has 0 atom stereocenters. The highest BCUT2D eigenvalue weighted by Crippen LogP contribution is 2.14. The normalized spacial score (nSPS) is 14.8. The molecule has 1 saturated heterocycles. The van der Waals surface area contributed by atoms with Crippen LogP contribution in [0.15, 0.2) is 18.2 Å². The number of carbonyl (C=O) groups excluding carboxylic acids is 3. The molecule has 0 unspecified atom stereocenters. The van der Waals surface area contributed by atoms with Crippen LogP contribution in [-0.4, -0.2) is 54.2 Å². The molecule has 1 aliphatic heterocycles. The van der Waals surface area contributed by atoms with E-state index in [1.165, 1.54) is 4.90 Å². The zero-order chi connectivity index (χ0) is 15.4. The van der Waals surface area contributed by atoms with Crippen molar-refractivity contribution < 1.29 is 14.4 Å². The number of rotatable bonds is 2. The maximum absolute atomic E-state index is 12.1. The van der Waals surface area contributed by atoms with Crippen molar-refractivity contribution in [3.8, 4) is 0 Å². The number of carbonyl (C=O) groups is 3. The number of aryl methyl sites for hydroxylation is 2. The molecule has 1 aromatic carbocycles. The molecule has 1 aromatic rings. The molecule has 1 N–H and O–H groups in total. The fourth-order valence-corrected chi connectivity index (χ4v) is 2.18. The van der Waals surface area contributed by atoms with Gasteiger partial charge in [0.15, 0.2) is 0 Å². The van der Waals surface area contributed by atoms with E-state index in [1.807, 2.05) is 26.0 Å². The molecular formula is C15H19N3O3. The predicted octanol–water partition coefficient (Wildman–Crippen LogP) is 0.543. The lowest BCUT2D eigenvalue weighted by atomic mass is 10.1. The molecular weight excluding hydrogens is 270 g/mol. The molecule has 1 fully saturated rings. The zero-order valence-corrected chi connectivity index (χ0v) is 12.3. The van der Waals surface area contributed by atoms with E-state index in [2.05, 4.69) is 5.32 Å². The number of hydrogen-bond donors (Lipinski definition) is 1. The summed E-state index contributed by atoms with van der Waals surface area (Å²) in [5.41, 5.74) is 2.80. The summed E-state index contributed by atoms with van der Waals surface area (Å²) in [6.45, 7) is 5.64. The van der Waals surface area contributed by atoms with Gasteiger partial charge in [0.25, 0.3) is 0 Å². The third-order valence-electron chi connectivity index (χ3n) is 3.71. The van der Waals surface area contributed by atoms with E-state index in [9.17, 15) is 14.4 Å². The maximum Gasteiger partial charge on any atom is 0.313 e. The van der Waals surface area contributed by atoms with Gasteiger partial charge < -0.3 is 15.1 Å². The third kappa shape index (κ3) is 3.59. The van der Waals surface area contributed by atoms with Crippen molar-refractivity contribution in [2.75, 3.05) is 31.5 Å².